The number of carbonyl (C=O) groups is 1. The lowest BCUT2D eigenvalue weighted by Gasteiger charge is -2.18. The zero-order valence-corrected chi connectivity index (χ0v) is 9.65. The molecule has 0 radical (unpaired) electrons. The minimum absolute atomic E-state index is 0.0855. The van der Waals surface area contributed by atoms with Gasteiger partial charge in [0.1, 0.15) is 0 Å². The molecule has 1 amide bonds. The molecule has 1 atom stereocenters. The van der Waals surface area contributed by atoms with Gasteiger partial charge in [0.15, 0.2) is 0 Å². The molecule has 0 aliphatic carbocycles. The summed E-state index contributed by atoms with van der Waals surface area (Å²) in [4.78, 5) is 12.5. The van der Waals surface area contributed by atoms with Crippen LogP contribution in [-0.4, -0.2) is 35.4 Å². The van der Waals surface area contributed by atoms with Crippen LogP contribution in [0.25, 0.3) is 0 Å². The summed E-state index contributed by atoms with van der Waals surface area (Å²) in [5, 5.41) is 0. The second-order valence-electron chi connectivity index (χ2n) is 3.17. The monoisotopic (exact) mass is 275 g/mol. The predicted octanol–water partition coefficient (Wildman–Crippen LogP) is 2.57. The number of carbonyl (C=O) groups excluding carboxylic acids is 1. The molecule has 0 saturated carbocycles. The highest BCUT2D eigenvalue weighted by atomic mass is 79.9. The van der Waals surface area contributed by atoms with E-state index in [-0.39, 0.29) is 4.83 Å². The fourth-order valence-corrected chi connectivity index (χ4v) is 1.35. The molecule has 2 nitrogen and oxygen atoms in total. The van der Waals surface area contributed by atoms with E-state index in [1.165, 1.54) is 11.9 Å². The topological polar surface area (TPSA) is 20.3 Å². The van der Waals surface area contributed by atoms with E-state index in [9.17, 15) is 18.0 Å². The maximum atomic E-state index is 11.8. The molecule has 0 rings (SSSR count). The Morgan fingerprint density at radius 1 is 1.50 bits per heavy atom. The van der Waals surface area contributed by atoms with Gasteiger partial charge < -0.3 is 4.90 Å². The van der Waals surface area contributed by atoms with Crippen molar-refractivity contribution in [2.24, 2.45) is 0 Å². The van der Waals surface area contributed by atoms with Crippen molar-refractivity contribution in [2.45, 2.75) is 30.8 Å². The van der Waals surface area contributed by atoms with Gasteiger partial charge in [-0.2, -0.15) is 13.2 Å². The van der Waals surface area contributed by atoms with E-state index in [4.69, 9.17) is 0 Å². The third-order valence-electron chi connectivity index (χ3n) is 1.57. The van der Waals surface area contributed by atoms with Crippen molar-refractivity contribution in [3.05, 3.63) is 0 Å². The van der Waals surface area contributed by atoms with Crippen LogP contribution < -0.4 is 0 Å². The number of hydrogen-bond donors (Lipinski definition) is 0. The Bertz CT molecular complexity index is 194. The molecule has 0 saturated heterocycles. The molecule has 0 N–H and O–H groups in total. The normalized spacial score (nSPS) is 13.9. The standard InChI is InChI=1S/C8H13BrF3NO/c1-6(9)5-13(2)7(14)3-4-8(10,11)12/h6H,3-5H2,1-2H3. The average Bonchev–Trinajstić information content (AvgIpc) is 1.97. The van der Waals surface area contributed by atoms with Crippen molar-refractivity contribution in [3.63, 3.8) is 0 Å². The van der Waals surface area contributed by atoms with Crippen molar-refractivity contribution >= 4 is 21.8 Å². The van der Waals surface area contributed by atoms with Crippen LogP contribution in [0.5, 0.6) is 0 Å². The first-order valence-corrected chi connectivity index (χ1v) is 5.08. The Kier molecular flexibility index (Phi) is 5.48. The maximum absolute atomic E-state index is 11.8. The third-order valence-corrected chi connectivity index (χ3v) is 1.86. The summed E-state index contributed by atoms with van der Waals surface area (Å²) in [6.45, 7) is 2.24. The number of nitrogens with zero attached hydrogens (tertiary/aromatic N) is 1. The van der Waals surface area contributed by atoms with Crippen LogP contribution in [0, 0.1) is 0 Å². The van der Waals surface area contributed by atoms with Gasteiger partial charge in [0.05, 0.1) is 6.42 Å². The number of amides is 1. The fraction of sp³-hybridized carbons (Fsp3) is 0.875. The Balaban J connectivity index is 3.85. The Labute approximate surface area is 89.6 Å². The van der Waals surface area contributed by atoms with Gasteiger partial charge in [-0.3, -0.25) is 4.79 Å². The van der Waals surface area contributed by atoms with Gasteiger partial charge in [-0.15, -0.1) is 0 Å². The van der Waals surface area contributed by atoms with Gasteiger partial charge in [-0.05, 0) is 0 Å². The summed E-state index contributed by atoms with van der Waals surface area (Å²) in [7, 11) is 1.50. The largest absolute Gasteiger partial charge is 0.389 e. The first kappa shape index (κ1) is 13.7. The molecule has 84 valence electrons. The van der Waals surface area contributed by atoms with Crippen LogP contribution in [0.1, 0.15) is 19.8 Å². The van der Waals surface area contributed by atoms with Crippen LogP contribution in [0.4, 0.5) is 13.2 Å². The van der Waals surface area contributed by atoms with Gasteiger partial charge in [-0.1, -0.05) is 22.9 Å². The minimum atomic E-state index is -4.25. The summed E-state index contributed by atoms with van der Waals surface area (Å²) >= 11 is 3.22. The second-order valence-corrected chi connectivity index (χ2v) is 4.73. The number of rotatable bonds is 4. The lowest BCUT2D eigenvalue weighted by atomic mass is 10.2. The molecule has 14 heavy (non-hydrogen) atoms. The van der Waals surface area contributed by atoms with E-state index in [2.05, 4.69) is 15.9 Å². The molecule has 0 aromatic carbocycles. The first-order valence-electron chi connectivity index (χ1n) is 4.17. The predicted molar refractivity (Wildman–Crippen MR) is 51.3 cm³/mol. The molecule has 6 heteroatoms. The molecule has 0 aromatic rings. The van der Waals surface area contributed by atoms with E-state index in [0.717, 1.165) is 0 Å². The molecule has 0 spiro atoms. The van der Waals surface area contributed by atoms with Gasteiger partial charge >= 0.3 is 6.18 Å². The lowest BCUT2D eigenvalue weighted by molar-refractivity contribution is -0.148. The number of alkyl halides is 4. The Morgan fingerprint density at radius 3 is 2.36 bits per heavy atom. The molecule has 1 unspecified atom stereocenters. The van der Waals surface area contributed by atoms with Crippen LogP contribution in [0.2, 0.25) is 0 Å². The summed E-state index contributed by atoms with van der Waals surface area (Å²) in [6.07, 6.45) is -5.77. The van der Waals surface area contributed by atoms with Crippen molar-refractivity contribution in [3.8, 4) is 0 Å². The van der Waals surface area contributed by atoms with Crippen molar-refractivity contribution < 1.29 is 18.0 Å². The van der Waals surface area contributed by atoms with E-state index in [1.807, 2.05) is 6.92 Å². The van der Waals surface area contributed by atoms with E-state index in [1.54, 1.807) is 0 Å². The molecular weight excluding hydrogens is 263 g/mol. The molecular formula is C8H13BrF3NO. The Hall–Kier alpha value is -0.260. The van der Waals surface area contributed by atoms with Gasteiger partial charge in [0, 0.05) is 24.8 Å². The molecule has 0 bridgehead atoms. The van der Waals surface area contributed by atoms with Gasteiger partial charge in [0.2, 0.25) is 5.91 Å². The van der Waals surface area contributed by atoms with Crippen LogP contribution in [0.15, 0.2) is 0 Å². The zero-order valence-electron chi connectivity index (χ0n) is 8.07. The number of hydrogen-bond acceptors (Lipinski definition) is 1. The zero-order chi connectivity index (χ0) is 11.4. The maximum Gasteiger partial charge on any atom is 0.389 e. The molecule has 0 aromatic heterocycles. The SMILES string of the molecule is CC(Br)CN(C)C(=O)CCC(F)(F)F. The van der Waals surface area contributed by atoms with Gasteiger partial charge in [0.25, 0.3) is 0 Å². The highest BCUT2D eigenvalue weighted by Gasteiger charge is 2.28. The summed E-state index contributed by atoms with van der Waals surface area (Å²) in [6, 6.07) is 0. The van der Waals surface area contributed by atoms with Crippen LogP contribution in [-0.2, 0) is 4.79 Å². The Morgan fingerprint density at radius 2 is 2.00 bits per heavy atom. The molecule has 0 aliphatic rings. The summed E-state index contributed by atoms with van der Waals surface area (Å²) in [5.74, 6) is -0.478. The van der Waals surface area contributed by atoms with Crippen molar-refractivity contribution in [2.75, 3.05) is 13.6 Å². The number of halogens is 4. The second kappa shape index (κ2) is 5.58. The quantitative estimate of drug-likeness (QED) is 0.723. The summed E-state index contributed by atoms with van der Waals surface area (Å²) < 4.78 is 35.3. The summed E-state index contributed by atoms with van der Waals surface area (Å²) in [5.41, 5.74) is 0. The van der Waals surface area contributed by atoms with E-state index >= 15 is 0 Å². The van der Waals surface area contributed by atoms with Crippen LogP contribution in [0.3, 0.4) is 0 Å². The molecule has 0 fully saturated rings. The molecule has 0 aliphatic heterocycles. The average molecular weight is 276 g/mol. The van der Waals surface area contributed by atoms with E-state index < -0.39 is 24.9 Å². The van der Waals surface area contributed by atoms with Crippen molar-refractivity contribution in [1.29, 1.82) is 0 Å². The third kappa shape index (κ3) is 7.17. The van der Waals surface area contributed by atoms with E-state index in [0.29, 0.717) is 6.54 Å². The van der Waals surface area contributed by atoms with Crippen LogP contribution >= 0.6 is 15.9 Å². The highest BCUT2D eigenvalue weighted by molar-refractivity contribution is 9.09. The smallest absolute Gasteiger partial charge is 0.345 e. The highest BCUT2D eigenvalue weighted by Crippen LogP contribution is 2.21. The fourth-order valence-electron chi connectivity index (χ4n) is 0.919. The molecule has 0 heterocycles. The van der Waals surface area contributed by atoms with Gasteiger partial charge in [-0.25, -0.2) is 0 Å². The lowest BCUT2D eigenvalue weighted by Crippen LogP contribution is -2.31. The first-order chi connectivity index (χ1) is 6.22. The van der Waals surface area contributed by atoms with Crippen molar-refractivity contribution in [1.82, 2.24) is 4.90 Å². The minimum Gasteiger partial charge on any atom is -0.345 e.